The van der Waals surface area contributed by atoms with Crippen molar-refractivity contribution in [1.82, 2.24) is 10.2 Å². The highest BCUT2D eigenvalue weighted by Crippen LogP contribution is 2.28. The first kappa shape index (κ1) is 16.9. The first-order valence-corrected chi connectivity index (χ1v) is 7.08. The molecule has 1 aromatic rings. The summed E-state index contributed by atoms with van der Waals surface area (Å²) in [5.41, 5.74) is 0.801. The van der Waals surface area contributed by atoms with Gasteiger partial charge in [-0.1, -0.05) is 15.9 Å². The summed E-state index contributed by atoms with van der Waals surface area (Å²) in [6, 6.07) is 5.00. The number of halogens is 1. The van der Waals surface area contributed by atoms with Gasteiger partial charge in [-0.05, 0) is 37.9 Å². The summed E-state index contributed by atoms with van der Waals surface area (Å²) in [4.78, 5) is 14.0. The fraction of sp³-hybridized carbons (Fsp3) is 0.500. The molecule has 0 saturated heterocycles. The van der Waals surface area contributed by atoms with E-state index in [4.69, 9.17) is 9.47 Å². The summed E-state index contributed by atoms with van der Waals surface area (Å²) in [5.74, 6) is 0.379. The van der Waals surface area contributed by atoms with E-state index in [0.29, 0.717) is 12.3 Å². The first-order chi connectivity index (χ1) is 9.49. The zero-order valence-corrected chi connectivity index (χ0v) is 13.9. The van der Waals surface area contributed by atoms with E-state index in [1.54, 1.807) is 7.11 Å². The molecule has 0 spiro atoms. The van der Waals surface area contributed by atoms with Crippen LogP contribution in [0.1, 0.15) is 11.6 Å². The van der Waals surface area contributed by atoms with E-state index in [1.165, 1.54) is 7.11 Å². The van der Waals surface area contributed by atoms with E-state index < -0.39 is 6.04 Å². The summed E-state index contributed by atoms with van der Waals surface area (Å²) in [7, 11) is 6.95. The van der Waals surface area contributed by atoms with Crippen molar-refractivity contribution in [2.45, 2.75) is 6.04 Å². The first-order valence-electron chi connectivity index (χ1n) is 6.29. The van der Waals surface area contributed by atoms with Crippen LogP contribution < -0.4 is 10.1 Å². The highest BCUT2D eigenvalue weighted by atomic mass is 79.9. The van der Waals surface area contributed by atoms with E-state index in [-0.39, 0.29) is 5.97 Å². The van der Waals surface area contributed by atoms with Crippen molar-refractivity contribution in [3.63, 3.8) is 0 Å². The van der Waals surface area contributed by atoms with Crippen LogP contribution in [0.25, 0.3) is 0 Å². The van der Waals surface area contributed by atoms with Crippen molar-refractivity contribution in [2.24, 2.45) is 0 Å². The summed E-state index contributed by atoms with van der Waals surface area (Å²) in [6.45, 7) is 1.51. The minimum atomic E-state index is -0.524. The number of methoxy groups -OCH3 is 2. The van der Waals surface area contributed by atoms with Gasteiger partial charge < -0.3 is 14.4 Å². The Balaban J connectivity index is 2.95. The van der Waals surface area contributed by atoms with E-state index in [9.17, 15) is 4.79 Å². The molecule has 1 N–H and O–H groups in total. The van der Waals surface area contributed by atoms with E-state index >= 15 is 0 Å². The maximum atomic E-state index is 12.0. The predicted octanol–water partition coefficient (Wildman–Crippen LogP) is 1.82. The van der Waals surface area contributed by atoms with Gasteiger partial charge in [-0.2, -0.15) is 0 Å². The Morgan fingerprint density at radius 2 is 2.10 bits per heavy atom. The molecule has 0 saturated carbocycles. The van der Waals surface area contributed by atoms with Crippen LogP contribution in [0.4, 0.5) is 0 Å². The Labute approximate surface area is 128 Å². The Kier molecular flexibility index (Phi) is 6.98. The molecule has 112 valence electrons. The highest BCUT2D eigenvalue weighted by molar-refractivity contribution is 9.10. The van der Waals surface area contributed by atoms with Gasteiger partial charge in [-0.3, -0.25) is 5.32 Å². The number of hydrogen-bond donors (Lipinski definition) is 1. The molecule has 0 bridgehead atoms. The number of nitrogens with one attached hydrogen (secondary N) is 1. The van der Waals surface area contributed by atoms with Gasteiger partial charge in [0.05, 0.1) is 14.2 Å². The molecule has 0 amide bonds. The van der Waals surface area contributed by atoms with Gasteiger partial charge in [0.2, 0.25) is 0 Å². The van der Waals surface area contributed by atoms with Gasteiger partial charge in [0.1, 0.15) is 11.8 Å². The molecule has 0 aromatic heterocycles. The molecule has 5 nitrogen and oxygen atoms in total. The molecule has 0 heterocycles. The van der Waals surface area contributed by atoms with Crippen LogP contribution in [0.5, 0.6) is 5.75 Å². The van der Waals surface area contributed by atoms with Crippen LogP contribution in [-0.2, 0) is 9.53 Å². The van der Waals surface area contributed by atoms with Gasteiger partial charge in [0.25, 0.3) is 0 Å². The minimum Gasteiger partial charge on any atom is -0.497 e. The van der Waals surface area contributed by atoms with Crippen molar-refractivity contribution in [3.8, 4) is 5.75 Å². The standard InChI is InChI=1S/C14H21BrN2O3/c1-17(2)8-7-16-13(14(18)20-4)11-9-10(19-3)5-6-12(11)15/h5-6,9,13,16H,7-8H2,1-4H3. The minimum absolute atomic E-state index is 0.322. The van der Waals surface area contributed by atoms with Crippen LogP contribution in [-0.4, -0.2) is 52.3 Å². The second-order valence-corrected chi connectivity index (χ2v) is 5.46. The molecule has 0 aliphatic rings. The van der Waals surface area contributed by atoms with Gasteiger partial charge in [-0.15, -0.1) is 0 Å². The molecule has 1 rings (SSSR count). The third-order valence-electron chi connectivity index (χ3n) is 2.86. The third kappa shape index (κ3) is 4.77. The van der Waals surface area contributed by atoms with E-state index in [0.717, 1.165) is 16.6 Å². The lowest BCUT2D eigenvalue weighted by Crippen LogP contribution is -2.34. The lowest BCUT2D eigenvalue weighted by molar-refractivity contribution is -0.143. The van der Waals surface area contributed by atoms with Crippen molar-refractivity contribution in [1.29, 1.82) is 0 Å². The van der Waals surface area contributed by atoms with Crippen LogP contribution in [0.2, 0.25) is 0 Å². The van der Waals surface area contributed by atoms with Gasteiger partial charge in [0, 0.05) is 17.6 Å². The summed E-state index contributed by atoms with van der Waals surface area (Å²) in [6.07, 6.45) is 0. The molecular formula is C14H21BrN2O3. The maximum absolute atomic E-state index is 12.0. The van der Waals surface area contributed by atoms with Crippen molar-refractivity contribution >= 4 is 21.9 Å². The normalized spacial score (nSPS) is 12.3. The van der Waals surface area contributed by atoms with Crippen LogP contribution in [0.3, 0.4) is 0 Å². The average Bonchev–Trinajstić information content (AvgIpc) is 2.43. The number of esters is 1. The Morgan fingerprint density at radius 1 is 1.40 bits per heavy atom. The smallest absolute Gasteiger partial charge is 0.327 e. The molecule has 1 atom stereocenters. The van der Waals surface area contributed by atoms with Crippen LogP contribution in [0, 0.1) is 0 Å². The average molecular weight is 345 g/mol. The fourth-order valence-electron chi connectivity index (χ4n) is 1.74. The van der Waals surface area contributed by atoms with E-state index in [2.05, 4.69) is 21.2 Å². The number of likely N-dealkylation sites (N-methyl/N-ethyl adjacent to an activating group) is 1. The molecule has 20 heavy (non-hydrogen) atoms. The summed E-state index contributed by atoms with van der Waals surface area (Å²) < 4.78 is 10.9. The topological polar surface area (TPSA) is 50.8 Å². The van der Waals surface area contributed by atoms with Crippen molar-refractivity contribution in [3.05, 3.63) is 28.2 Å². The molecule has 0 radical (unpaired) electrons. The number of rotatable bonds is 7. The SMILES string of the molecule is COC(=O)C(NCCN(C)C)c1cc(OC)ccc1Br. The Bertz CT molecular complexity index is 452. The molecule has 0 aliphatic carbocycles. The molecular weight excluding hydrogens is 324 g/mol. The van der Waals surface area contributed by atoms with Gasteiger partial charge in [0.15, 0.2) is 0 Å². The lowest BCUT2D eigenvalue weighted by atomic mass is 10.1. The molecule has 1 aromatic carbocycles. The number of hydrogen-bond acceptors (Lipinski definition) is 5. The van der Waals surface area contributed by atoms with E-state index in [1.807, 2.05) is 37.2 Å². The van der Waals surface area contributed by atoms with Crippen molar-refractivity contribution in [2.75, 3.05) is 41.4 Å². The second-order valence-electron chi connectivity index (χ2n) is 4.60. The number of carbonyl (C=O) groups excluding carboxylic acids is 1. The molecule has 0 fully saturated rings. The highest BCUT2D eigenvalue weighted by Gasteiger charge is 2.23. The predicted molar refractivity (Wildman–Crippen MR) is 82.0 cm³/mol. The quantitative estimate of drug-likeness (QED) is 0.764. The number of carbonyl (C=O) groups is 1. The third-order valence-corrected chi connectivity index (χ3v) is 3.58. The van der Waals surface area contributed by atoms with Gasteiger partial charge >= 0.3 is 5.97 Å². The molecule has 1 unspecified atom stereocenters. The lowest BCUT2D eigenvalue weighted by Gasteiger charge is -2.20. The fourth-order valence-corrected chi connectivity index (χ4v) is 2.22. The Hall–Kier alpha value is -1.11. The maximum Gasteiger partial charge on any atom is 0.327 e. The monoisotopic (exact) mass is 344 g/mol. The molecule has 6 heteroatoms. The van der Waals surface area contributed by atoms with Crippen LogP contribution >= 0.6 is 15.9 Å². The second kappa shape index (κ2) is 8.24. The van der Waals surface area contributed by atoms with Crippen LogP contribution in [0.15, 0.2) is 22.7 Å². The largest absolute Gasteiger partial charge is 0.497 e. The number of nitrogens with zero attached hydrogens (tertiary/aromatic N) is 1. The summed E-state index contributed by atoms with van der Waals surface area (Å²) in [5, 5.41) is 3.21. The molecule has 0 aliphatic heterocycles. The van der Waals surface area contributed by atoms with Gasteiger partial charge in [-0.25, -0.2) is 4.79 Å². The summed E-state index contributed by atoms with van der Waals surface area (Å²) >= 11 is 3.46. The Morgan fingerprint density at radius 3 is 2.65 bits per heavy atom. The number of benzene rings is 1. The zero-order valence-electron chi connectivity index (χ0n) is 12.3. The van der Waals surface area contributed by atoms with Crippen molar-refractivity contribution < 1.29 is 14.3 Å². The number of ether oxygens (including phenoxy) is 2. The zero-order chi connectivity index (χ0) is 15.1.